The van der Waals surface area contributed by atoms with E-state index in [1.54, 1.807) is 6.04 Å². The Balaban J connectivity index is 1.97. The van der Waals surface area contributed by atoms with Crippen LogP contribution < -0.4 is 5.73 Å². The van der Waals surface area contributed by atoms with Crippen LogP contribution in [-0.4, -0.2) is 16.1 Å². The zero-order chi connectivity index (χ0) is 5.56. The molecule has 3 atom stereocenters. The molecule has 0 spiro atoms. The Morgan fingerprint density at radius 3 is 2.75 bits per heavy atom. The van der Waals surface area contributed by atoms with Crippen LogP contribution in [0.15, 0.2) is 0 Å². The number of rotatable bonds is 1. The van der Waals surface area contributed by atoms with Gasteiger partial charge in [0, 0.05) is 9.52 Å². The zero-order valence-electron chi connectivity index (χ0n) is 5.14. The molecule has 0 bridgehead atoms. The largest absolute Gasteiger partial charge is 0.330 e. The lowest BCUT2D eigenvalue weighted by Gasteiger charge is -2.04. The third-order valence-electron chi connectivity index (χ3n) is 2.79. The van der Waals surface area contributed by atoms with E-state index in [0.717, 1.165) is 18.0 Å². The van der Waals surface area contributed by atoms with Gasteiger partial charge in [-0.3, -0.25) is 0 Å². The van der Waals surface area contributed by atoms with Crippen molar-refractivity contribution in [2.45, 2.75) is 18.0 Å². The van der Waals surface area contributed by atoms with Gasteiger partial charge in [-0.1, -0.05) is 6.04 Å². The molecule has 0 aromatic rings. The number of hydrogen-bond acceptors (Lipinski definition) is 1. The van der Waals surface area contributed by atoms with E-state index in [0.29, 0.717) is 9.52 Å². The molecule has 8 heavy (non-hydrogen) atoms. The van der Waals surface area contributed by atoms with E-state index in [9.17, 15) is 0 Å². The highest BCUT2D eigenvalue weighted by Crippen LogP contribution is 2.54. The Kier molecular flexibility index (Phi) is 0.986. The van der Waals surface area contributed by atoms with Gasteiger partial charge in [0.25, 0.3) is 0 Å². The van der Waals surface area contributed by atoms with Crippen LogP contribution in [0.3, 0.4) is 0 Å². The highest BCUT2D eigenvalue weighted by Gasteiger charge is 2.47. The molecule has 2 N–H and O–H groups in total. The second kappa shape index (κ2) is 1.58. The lowest BCUT2D eigenvalue weighted by Crippen LogP contribution is -2.12. The molecule has 0 aromatic carbocycles. The number of hydrogen-bond donors (Lipinski definition) is 1. The first-order chi connectivity index (χ1) is 3.92. The zero-order valence-corrected chi connectivity index (χ0v) is 6.55. The lowest BCUT2D eigenvalue weighted by atomic mass is 10.2. The van der Waals surface area contributed by atoms with Crippen LogP contribution in [0.2, 0.25) is 11.6 Å². The van der Waals surface area contributed by atoms with E-state index in [1.165, 1.54) is 12.3 Å². The van der Waals surface area contributed by atoms with Gasteiger partial charge in [-0.05, 0) is 30.3 Å². The fourth-order valence-corrected chi connectivity index (χ4v) is 4.88. The fraction of sp³-hybridized carbons (Fsp3) is 1.00. The molecule has 0 unspecified atom stereocenters. The van der Waals surface area contributed by atoms with Gasteiger partial charge in [0.05, 0.1) is 0 Å². The second-order valence-electron chi connectivity index (χ2n) is 3.23. The van der Waals surface area contributed by atoms with E-state index in [4.69, 9.17) is 5.73 Å². The summed E-state index contributed by atoms with van der Waals surface area (Å²) in [4.78, 5) is 0. The molecule has 2 heteroatoms. The quantitative estimate of drug-likeness (QED) is 0.492. The van der Waals surface area contributed by atoms with Crippen molar-refractivity contribution >= 4 is 9.52 Å². The van der Waals surface area contributed by atoms with Gasteiger partial charge >= 0.3 is 0 Å². The van der Waals surface area contributed by atoms with Crippen molar-refractivity contribution in [3.8, 4) is 0 Å². The van der Waals surface area contributed by atoms with Crippen molar-refractivity contribution < 1.29 is 0 Å². The van der Waals surface area contributed by atoms with Crippen LogP contribution in [0.5, 0.6) is 0 Å². The van der Waals surface area contributed by atoms with Crippen LogP contribution in [0.25, 0.3) is 0 Å². The molecular formula is C6H13NSi. The van der Waals surface area contributed by atoms with Gasteiger partial charge < -0.3 is 5.73 Å². The van der Waals surface area contributed by atoms with Crippen molar-refractivity contribution in [3.63, 3.8) is 0 Å². The molecule has 1 aliphatic heterocycles. The Hall–Kier alpha value is 0.177. The molecule has 1 aliphatic carbocycles. The first-order valence-corrected chi connectivity index (χ1v) is 5.43. The summed E-state index contributed by atoms with van der Waals surface area (Å²) in [5.74, 6) is 2.31. The summed E-state index contributed by atoms with van der Waals surface area (Å²) < 4.78 is 0. The molecule has 0 aromatic heterocycles. The first kappa shape index (κ1) is 5.00. The molecule has 1 saturated carbocycles. The predicted molar refractivity (Wildman–Crippen MR) is 37.8 cm³/mol. The Labute approximate surface area is 52.5 Å². The SMILES string of the molecule is NC[C@H]1[SiH2]C[C@@H]2C[C@@H]21. The standard InChI is InChI=1S/C6H13NSi/c7-2-6-5-1-4(5)3-8-6/h4-6H,1-3,7-8H2/t4-,5-,6+/m0/s1. The van der Waals surface area contributed by atoms with Crippen molar-refractivity contribution in [2.24, 2.45) is 17.6 Å². The maximum atomic E-state index is 5.59. The summed E-state index contributed by atoms with van der Waals surface area (Å²) in [7, 11) is 0.334. The van der Waals surface area contributed by atoms with Crippen LogP contribution in [-0.2, 0) is 0 Å². The Bertz CT molecular complexity index is 105. The lowest BCUT2D eigenvalue weighted by molar-refractivity contribution is 0.718. The molecule has 0 amide bonds. The van der Waals surface area contributed by atoms with Gasteiger partial charge in [0.15, 0.2) is 0 Å². The van der Waals surface area contributed by atoms with Crippen LogP contribution in [0.4, 0.5) is 0 Å². The third kappa shape index (κ3) is 0.561. The normalized spacial score (nSPS) is 54.4. The predicted octanol–water partition coefficient (Wildman–Crippen LogP) is -0.0296. The minimum Gasteiger partial charge on any atom is -0.330 e. The van der Waals surface area contributed by atoms with Crippen molar-refractivity contribution in [2.75, 3.05) is 6.54 Å². The van der Waals surface area contributed by atoms with Crippen molar-refractivity contribution in [3.05, 3.63) is 0 Å². The summed E-state index contributed by atoms with van der Waals surface area (Å²) in [5, 5.41) is 0. The molecule has 1 nitrogen and oxygen atoms in total. The molecular weight excluding hydrogens is 114 g/mol. The maximum absolute atomic E-state index is 5.59. The van der Waals surface area contributed by atoms with Crippen LogP contribution in [0, 0.1) is 11.8 Å². The highest BCUT2D eigenvalue weighted by molar-refractivity contribution is 6.39. The third-order valence-corrected chi connectivity index (χ3v) is 5.55. The molecule has 1 heterocycles. The highest BCUT2D eigenvalue weighted by atomic mass is 28.2. The summed E-state index contributed by atoms with van der Waals surface area (Å²) in [6.07, 6.45) is 1.54. The number of nitrogens with two attached hydrogens (primary N) is 1. The summed E-state index contributed by atoms with van der Waals surface area (Å²) in [6, 6.07) is 1.62. The van der Waals surface area contributed by atoms with Gasteiger partial charge in [-0.15, -0.1) is 0 Å². The molecule has 2 rings (SSSR count). The van der Waals surface area contributed by atoms with Gasteiger partial charge in [-0.25, -0.2) is 0 Å². The topological polar surface area (TPSA) is 26.0 Å². The average molecular weight is 127 g/mol. The average Bonchev–Trinajstić information content (AvgIpc) is 2.46. The van der Waals surface area contributed by atoms with Gasteiger partial charge in [0.1, 0.15) is 0 Å². The van der Waals surface area contributed by atoms with E-state index in [2.05, 4.69) is 0 Å². The Morgan fingerprint density at radius 2 is 2.50 bits per heavy atom. The first-order valence-electron chi connectivity index (χ1n) is 3.62. The molecule has 2 aliphatic rings. The summed E-state index contributed by atoms with van der Waals surface area (Å²) in [6.45, 7) is 1.01. The van der Waals surface area contributed by atoms with Gasteiger partial charge in [0.2, 0.25) is 0 Å². The fourth-order valence-electron chi connectivity index (χ4n) is 2.12. The minimum absolute atomic E-state index is 0.334. The summed E-state index contributed by atoms with van der Waals surface area (Å²) >= 11 is 0. The van der Waals surface area contributed by atoms with Crippen molar-refractivity contribution in [1.82, 2.24) is 0 Å². The monoisotopic (exact) mass is 127 g/mol. The molecule has 2 fully saturated rings. The number of fused-ring (bicyclic) bond motifs is 1. The maximum Gasteiger partial charge on any atom is 0.0254 e. The molecule has 1 saturated heterocycles. The van der Waals surface area contributed by atoms with Gasteiger partial charge in [-0.2, -0.15) is 0 Å². The van der Waals surface area contributed by atoms with E-state index in [-0.39, 0.29) is 0 Å². The van der Waals surface area contributed by atoms with Crippen LogP contribution >= 0.6 is 0 Å². The van der Waals surface area contributed by atoms with E-state index < -0.39 is 0 Å². The van der Waals surface area contributed by atoms with E-state index in [1.807, 2.05) is 0 Å². The van der Waals surface area contributed by atoms with E-state index >= 15 is 0 Å². The molecule has 0 radical (unpaired) electrons. The minimum atomic E-state index is 0.334. The second-order valence-corrected chi connectivity index (χ2v) is 5.44. The summed E-state index contributed by atoms with van der Waals surface area (Å²) in [5.41, 5.74) is 6.64. The smallest absolute Gasteiger partial charge is 0.0254 e. The Morgan fingerprint density at radius 1 is 1.62 bits per heavy atom. The van der Waals surface area contributed by atoms with Crippen LogP contribution in [0.1, 0.15) is 6.42 Å². The van der Waals surface area contributed by atoms with Crippen molar-refractivity contribution in [1.29, 1.82) is 0 Å². The molecule has 46 valence electrons.